The molecule has 0 aliphatic carbocycles. The number of carbonyl (C=O) groups is 1. The van der Waals surface area contributed by atoms with Gasteiger partial charge in [0.05, 0.1) is 4.88 Å². The fourth-order valence-corrected chi connectivity index (χ4v) is 3.97. The first-order valence-corrected chi connectivity index (χ1v) is 9.06. The smallest absolute Gasteiger partial charge is 0.261 e. The Balaban J connectivity index is 1.63. The van der Waals surface area contributed by atoms with E-state index < -0.39 is 0 Å². The first kappa shape index (κ1) is 16.0. The Hall–Kier alpha value is -1.88. The van der Waals surface area contributed by atoms with Crippen molar-refractivity contribution >= 4 is 23.1 Å². The van der Waals surface area contributed by atoms with Crippen molar-refractivity contribution in [1.82, 2.24) is 10.3 Å². The molecule has 5 heteroatoms. The minimum atomic E-state index is 0.0114. The SMILES string of the molecule is CCc1sc(C(=O)NCc2ccnc(N3CCCC3)c2)cc1C. The Labute approximate surface area is 141 Å². The number of amides is 1. The molecule has 0 saturated carbocycles. The molecule has 1 fully saturated rings. The van der Waals surface area contributed by atoms with E-state index in [0.29, 0.717) is 6.54 Å². The van der Waals surface area contributed by atoms with Crippen LogP contribution in [-0.4, -0.2) is 24.0 Å². The summed E-state index contributed by atoms with van der Waals surface area (Å²) in [6, 6.07) is 6.04. The largest absolute Gasteiger partial charge is 0.357 e. The number of carbonyl (C=O) groups excluding carboxylic acids is 1. The molecule has 3 heterocycles. The van der Waals surface area contributed by atoms with Crippen LogP contribution >= 0.6 is 11.3 Å². The van der Waals surface area contributed by atoms with Gasteiger partial charge in [0, 0.05) is 30.7 Å². The third kappa shape index (κ3) is 3.72. The molecule has 2 aromatic heterocycles. The molecular formula is C18H23N3OS. The Morgan fingerprint density at radius 1 is 1.35 bits per heavy atom. The van der Waals surface area contributed by atoms with Gasteiger partial charge in [0.2, 0.25) is 0 Å². The predicted molar refractivity (Wildman–Crippen MR) is 95.3 cm³/mol. The van der Waals surface area contributed by atoms with E-state index in [-0.39, 0.29) is 5.91 Å². The predicted octanol–water partition coefficient (Wildman–Crippen LogP) is 3.54. The number of hydrogen-bond acceptors (Lipinski definition) is 4. The highest BCUT2D eigenvalue weighted by Gasteiger charge is 2.14. The second kappa shape index (κ2) is 7.13. The summed E-state index contributed by atoms with van der Waals surface area (Å²) in [5.41, 5.74) is 2.31. The zero-order valence-electron chi connectivity index (χ0n) is 13.8. The maximum absolute atomic E-state index is 12.3. The molecule has 0 aromatic carbocycles. The van der Waals surface area contributed by atoms with Crippen molar-refractivity contribution < 1.29 is 4.79 Å². The lowest BCUT2D eigenvalue weighted by atomic mass is 10.2. The maximum Gasteiger partial charge on any atom is 0.261 e. The number of rotatable bonds is 5. The van der Waals surface area contributed by atoms with Gasteiger partial charge in [-0.25, -0.2) is 4.98 Å². The molecule has 1 N–H and O–H groups in total. The summed E-state index contributed by atoms with van der Waals surface area (Å²) in [7, 11) is 0. The maximum atomic E-state index is 12.3. The Morgan fingerprint density at radius 3 is 2.83 bits per heavy atom. The van der Waals surface area contributed by atoms with Crippen molar-refractivity contribution in [2.24, 2.45) is 0 Å². The molecule has 1 amide bonds. The van der Waals surface area contributed by atoms with Crippen LogP contribution in [0.4, 0.5) is 5.82 Å². The lowest BCUT2D eigenvalue weighted by Gasteiger charge is -2.16. The average molecular weight is 329 g/mol. The van der Waals surface area contributed by atoms with Gasteiger partial charge in [0.25, 0.3) is 5.91 Å². The highest BCUT2D eigenvalue weighted by atomic mass is 32.1. The molecule has 1 aliphatic rings. The zero-order valence-corrected chi connectivity index (χ0v) is 14.6. The minimum Gasteiger partial charge on any atom is -0.357 e. The number of nitrogens with zero attached hydrogens (tertiary/aromatic N) is 2. The number of thiophene rings is 1. The fraction of sp³-hybridized carbons (Fsp3) is 0.444. The number of aromatic nitrogens is 1. The topological polar surface area (TPSA) is 45.2 Å². The highest BCUT2D eigenvalue weighted by Crippen LogP contribution is 2.22. The van der Waals surface area contributed by atoms with E-state index in [2.05, 4.69) is 35.1 Å². The summed E-state index contributed by atoms with van der Waals surface area (Å²) in [4.78, 5) is 21.2. The van der Waals surface area contributed by atoms with E-state index in [9.17, 15) is 4.79 Å². The standard InChI is InChI=1S/C18H23N3OS/c1-3-15-13(2)10-16(23-15)18(22)20-12-14-6-7-19-17(11-14)21-8-4-5-9-21/h6-7,10-11H,3-5,8-9,12H2,1-2H3,(H,20,22). The number of hydrogen-bond donors (Lipinski definition) is 1. The number of aryl methyl sites for hydroxylation is 2. The van der Waals surface area contributed by atoms with Gasteiger partial charge in [0.15, 0.2) is 0 Å². The van der Waals surface area contributed by atoms with Gasteiger partial charge in [-0.2, -0.15) is 0 Å². The molecule has 1 saturated heterocycles. The van der Waals surface area contributed by atoms with E-state index in [4.69, 9.17) is 0 Å². The van der Waals surface area contributed by atoms with Gasteiger partial charge >= 0.3 is 0 Å². The van der Waals surface area contributed by atoms with E-state index in [1.165, 1.54) is 23.3 Å². The molecule has 23 heavy (non-hydrogen) atoms. The van der Waals surface area contributed by atoms with Crippen LogP contribution in [0.15, 0.2) is 24.4 Å². The molecule has 2 aromatic rings. The van der Waals surface area contributed by atoms with Crippen molar-refractivity contribution in [3.05, 3.63) is 45.3 Å². The van der Waals surface area contributed by atoms with Crippen molar-refractivity contribution in [2.45, 2.75) is 39.7 Å². The molecule has 3 rings (SSSR count). The van der Waals surface area contributed by atoms with Gasteiger partial charge in [-0.3, -0.25) is 4.79 Å². The molecule has 0 unspecified atom stereocenters. The van der Waals surface area contributed by atoms with Crippen LogP contribution < -0.4 is 10.2 Å². The Kier molecular flexibility index (Phi) is 4.96. The molecule has 122 valence electrons. The number of anilines is 1. The highest BCUT2D eigenvalue weighted by molar-refractivity contribution is 7.14. The summed E-state index contributed by atoms with van der Waals surface area (Å²) < 4.78 is 0. The summed E-state index contributed by atoms with van der Waals surface area (Å²) >= 11 is 1.59. The molecule has 1 aliphatic heterocycles. The molecule has 0 bridgehead atoms. The fourth-order valence-electron chi connectivity index (χ4n) is 2.94. The van der Waals surface area contributed by atoms with Gasteiger partial charge in [-0.05, 0) is 55.5 Å². The minimum absolute atomic E-state index is 0.0114. The number of nitrogens with one attached hydrogen (secondary N) is 1. The van der Waals surface area contributed by atoms with Gasteiger partial charge in [-0.15, -0.1) is 11.3 Å². The lowest BCUT2D eigenvalue weighted by molar-refractivity contribution is 0.0955. The average Bonchev–Trinajstić information content (AvgIpc) is 3.22. The van der Waals surface area contributed by atoms with Crippen molar-refractivity contribution in [3.63, 3.8) is 0 Å². The van der Waals surface area contributed by atoms with Crippen LogP contribution in [0.1, 0.15) is 45.4 Å². The van der Waals surface area contributed by atoms with Gasteiger partial charge in [-0.1, -0.05) is 6.92 Å². The van der Waals surface area contributed by atoms with Crippen LogP contribution in [0.5, 0.6) is 0 Å². The first-order valence-electron chi connectivity index (χ1n) is 8.24. The van der Waals surface area contributed by atoms with E-state index in [1.54, 1.807) is 11.3 Å². The number of pyridine rings is 1. The lowest BCUT2D eigenvalue weighted by Crippen LogP contribution is -2.23. The first-order chi connectivity index (χ1) is 11.2. The van der Waals surface area contributed by atoms with Crippen LogP contribution in [0.25, 0.3) is 0 Å². The summed E-state index contributed by atoms with van der Waals surface area (Å²) in [5, 5.41) is 3.02. The van der Waals surface area contributed by atoms with Crippen LogP contribution in [0.3, 0.4) is 0 Å². The Morgan fingerprint density at radius 2 is 2.13 bits per heavy atom. The summed E-state index contributed by atoms with van der Waals surface area (Å²) in [6.07, 6.45) is 5.28. The second-order valence-electron chi connectivity index (χ2n) is 5.97. The van der Waals surface area contributed by atoms with Crippen molar-refractivity contribution in [3.8, 4) is 0 Å². The third-order valence-electron chi connectivity index (χ3n) is 4.26. The molecule has 4 nitrogen and oxygen atoms in total. The second-order valence-corrected chi connectivity index (χ2v) is 7.11. The molecular weight excluding hydrogens is 306 g/mol. The van der Waals surface area contributed by atoms with Crippen molar-refractivity contribution in [1.29, 1.82) is 0 Å². The van der Waals surface area contributed by atoms with Crippen molar-refractivity contribution in [2.75, 3.05) is 18.0 Å². The van der Waals surface area contributed by atoms with Crippen LogP contribution in [-0.2, 0) is 13.0 Å². The van der Waals surface area contributed by atoms with E-state index in [0.717, 1.165) is 35.8 Å². The zero-order chi connectivity index (χ0) is 16.2. The monoisotopic (exact) mass is 329 g/mol. The quantitative estimate of drug-likeness (QED) is 0.912. The van der Waals surface area contributed by atoms with Crippen LogP contribution in [0.2, 0.25) is 0 Å². The van der Waals surface area contributed by atoms with Gasteiger partial charge in [0.1, 0.15) is 5.82 Å². The van der Waals surface area contributed by atoms with E-state index >= 15 is 0 Å². The molecule has 0 spiro atoms. The third-order valence-corrected chi connectivity index (χ3v) is 5.64. The summed E-state index contributed by atoms with van der Waals surface area (Å²) in [6.45, 7) is 6.89. The molecule has 0 atom stereocenters. The normalized spacial score (nSPS) is 14.3. The van der Waals surface area contributed by atoms with E-state index in [1.807, 2.05) is 18.3 Å². The molecule has 0 radical (unpaired) electrons. The Bertz CT molecular complexity index is 689. The van der Waals surface area contributed by atoms with Gasteiger partial charge < -0.3 is 10.2 Å². The van der Waals surface area contributed by atoms with Crippen LogP contribution in [0, 0.1) is 6.92 Å². The summed E-state index contributed by atoms with van der Waals surface area (Å²) in [5.74, 6) is 1.03.